The Kier molecular flexibility index (Phi) is 3.71. The average molecular weight is 337 g/mol. The van der Waals surface area contributed by atoms with Crippen LogP contribution in [-0.4, -0.2) is 37.0 Å². The number of nitrogens with zero attached hydrogens (tertiary/aromatic N) is 1. The van der Waals surface area contributed by atoms with Crippen molar-refractivity contribution < 1.29 is 19.1 Å². The third-order valence-electron chi connectivity index (χ3n) is 5.12. The molecule has 4 rings (SSSR count). The zero-order valence-electron chi connectivity index (χ0n) is 14.0. The second kappa shape index (κ2) is 5.92. The van der Waals surface area contributed by atoms with Crippen LogP contribution in [0.15, 0.2) is 48.5 Å². The number of benzene rings is 2. The number of hydrogen-bond donors (Lipinski definition) is 0. The number of fused-ring (bicyclic) bond motifs is 2. The van der Waals surface area contributed by atoms with Crippen molar-refractivity contribution in [2.45, 2.75) is 18.4 Å². The van der Waals surface area contributed by atoms with Crippen molar-refractivity contribution in [3.8, 4) is 5.75 Å². The summed E-state index contributed by atoms with van der Waals surface area (Å²) in [6.07, 6.45) is 1.22. The minimum atomic E-state index is -0.592. The molecule has 0 bridgehead atoms. The first-order valence-corrected chi connectivity index (χ1v) is 8.40. The molecule has 2 heterocycles. The highest BCUT2D eigenvalue weighted by molar-refractivity contribution is 5.97. The molecule has 5 nitrogen and oxygen atoms in total. The average Bonchev–Trinajstić information content (AvgIpc) is 2.94. The van der Waals surface area contributed by atoms with E-state index >= 15 is 0 Å². The molecule has 1 spiro atoms. The SMILES string of the molecule is COc1ccccc1C(=O)N1CCC2(CC1)OC(=O)c1ccccc12. The number of carbonyl (C=O) groups is 2. The Morgan fingerprint density at radius 1 is 1.08 bits per heavy atom. The number of esters is 1. The summed E-state index contributed by atoms with van der Waals surface area (Å²) in [6.45, 7) is 1.08. The molecular weight excluding hydrogens is 318 g/mol. The van der Waals surface area contributed by atoms with Gasteiger partial charge in [0.2, 0.25) is 0 Å². The lowest BCUT2D eigenvalue weighted by Crippen LogP contribution is -2.45. The first kappa shape index (κ1) is 15.7. The molecule has 1 amide bonds. The number of rotatable bonds is 2. The zero-order chi connectivity index (χ0) is 17.4. The number of para-hydroxylation sites is 1. The van der Waals surface area contributed by atoms with Crippen LogP contribution in [-0.2, 0) is 10.3 Å². The molecule has 2 aliphatic heterocycles. The second-order valence-electron chi connectivity index (χ2n) is 6.42. The lowest BCUT2D eigenvalue weighted by molar-refractivity contribution is -0.0389. The summed E-state index contributed by atoms with van der Waals surface area (Å²) >= 11 is 0. The van der Waals surface area contributed by atoms with Gasteiger partial charge in [-0.1, -0.05) is 30.3 Å². The highest BCUT2D eigenvalue weighted by Gasteiger charge is 2.47. The molecule has 5 heteroatoms. The van der Waals surface area contributed by atoms with Crippen LogP contribution in [0.4, 0.5) is 0 Å². The van der Waals surface area contributed by atoms with Crippen LogP contribution in [0.1, 0.15) is 39.1 Å². The van der Waals surface area contributed by atoms with Gasteiger partial charge in [0.05, 0.1) is 18.2 Å². The van der Waals surface area contributed by atoms with Gasteiger partial charge in [0.1, 0.15) is 11.4 Å². The van der Waals surface area contributed by atoms with Gasteiger partial charge in [-0.25, -0.2) is 4.79 Å². The van der Waals surface area contributed by atoms with Crippen molar-refractivity contribution in [3.63, 3.8) is 0 Å². The molecule has 2 aromatic rings. The Bertz CT molecular complexity index is 837. The minimum absolute atomic E-state index is 0.0510. The molecule has 0 atom stereocenters. The summed E-state index contributed by atoms with van der Waals surface area (Å²) < 4.78 is 11.0. The Balaban J connectivity index is 1.55. The highest BCUT2D eigenvalue weighted by atomic mass is 16.6. The molecule has 2 aliphatic rings. The summed E-state index contributed by atoms with van der Waals surface area (Å²) in [5.74, 6) is 0.260. The largest absolute Gasteiger partial charge is 0.496 e. The van der Waals surface area contributed by atoms with Gasteiger partial charge in [-0.05, 0) is 18.2 Å². The summed E-state index contributed by atoms with van der Waals surface area (Å²) in [4.78, 5) is 26.8. The third-order valence-corrected chi connectivity index (χ3v) is 5.12. The number of methoxy groups -OCH3 is 1. The predicted octanol–water partition coefficient (Wildman–Crippen LogP) is 3.00. The molecule has 0 saturated carbocycles. The molecule has 0 aliphatic carbocycles. The highest BCUT2D eigenvalue weighted by Crippen LogP contribution is 2.44. The number of piperidine rings is 1. The van der Waals surface area contributed by atoms with E-state index in [1.807, 2.05) is 30.3 Å². The maximum absolute atomic E-state index is 12.8. The second-order valence-corrected chi connectivity index (χ2v) is 6.42. The molecule has 2 aromatic carbocycles. The van der Waals surface area contributed by atoms with Gasteiger partial charge in [0.25, 0.3) is 5.91 Å². The van der Waals surface area contributed by atoms with E-state index in [4.69, 9.17) is 9.47 Å². The van der Waals surface area contributed by atoms with E-state index in [0.717, 1.165) is 5.56 Å². The fraction of sp³-hybridized carbons (Fsp3) is 0.300. The van der Waals surface area contributed by atoms with Gasteiger partial charge in [-0.15, -0.1) is 0 Å². The van der Waals surface area contributed by atoms with E-state index in [1.54, 1.807) is 30.2 Å². The molecule has 128 valence electrons. The van der Waals surface area contributed by atoms with Crippen LogP contribution < -0.4 is 4.74 Å². The first-order chi connectivity index (χ1) is 12.1. The van der Waals surface area contributed by atoms with Crippen LogP contribution in [0.3, 0.4) is 0 Å². The summed E-state index contributed by atoms with van der Waals surface area (Å²) in [5, 5.41) is 0. The number of hydrogen-bond acceptors (Lipinski definition) is 4. The van der Waals surface area contributed by atoms with Crippen molar-refractivity contribution >= 4 is 11.9 Å². The minimum Gasteiger partial charge on any atom is -0.496 e. The third kappa shape index (κ3) is 2.47. The van der Waals surface area contributed by atoms with Crippen LogP contribution >= 0.6 is 0 Å². The van der Waals surface area contributed by atoms with E-state index < -0.39 is 5.60 Å². The molecule has 0 aromatic heterocycles. The lowest BCUT2D eigenvalue weighted by Gasteiger charge is -2.38. The molecule has 0 radical (unpaired) electrons. The zero-order valence-corrected chi connectivity index (χ0v) is 14.0. The van der Waals surface area contributed by atoms with Crippen molar-refractivity contribution in [1.29, 1.82) is 0 Å². The van der Waals surface area contributed by atoms with Crippen LogP contribution in [0, 0.1) is 0 Å². The van der Waals surface area contributed by atoms with Crippen LogP contribution in [0.5, 0.6) is 5.75 Å². The van der Waals surface area contributed by atoms with E-state index in [1.165, 1.54) is 0 Å². The molecule has 1 saturated heterocycles. The summed E-state index contributed by atoms with van der Waals surface area (Å²) in [5.41, 5.74) is 1.56. The fourth-order valence-corrected chi connectivity index (χ4v) is 3.78. The fourth-order valence-electron chi connectivity index (χ4n) is 3.78. The Morgan fingerprint density at radius 2 is 1.76 bits per heavy atom. The van der Waals surface area contributed by atoms with E-state index in [0.29, 0.717) is 42.8 Å². The maximum atomic E-state index is 12.8. The van der Waals surface area contributed by atoms with Crippen molar-refractivity contribution in [3.05, 3.63) is 65.2 Å². The van der Waals surface area contributed by atoms with Gasteiger partial charge in [-0.3, -0.25) is 4.79 Å². The van der Waals surface area contributed by atoms with Crippen molar-refractivity contribution in [1.82, 2.24) is 4.90 Å². The van der Waals surface area contributed by atoms with E-state index in [-0.39, 0.29) is 11.9 Å². The molecule has 1 fully saturated rings. The number of ether oxygens (including phenoxy) is 2. The standard InChI is InChI=1S/C20H19NO4/c1-24-17-9-5-3-7-15(17)18(22)21-12-10-20(11-13-21)16-8-4-2-6-14(16)19(23)25-20/h2-9H,10-13H2,1H3. The van der Waals surface area contributed by atoms with Crippen LogP contribution in [0.2, 0.25) is 0 Å². The van der Waals surface area contributed by atoms with E-state index in [9.17, 15) is 9.59 Å². The van der Waals surface area contributed by atoms with Gasteiger partial charge in [0.15, 0.2) is 0 Å². The molecular formula is C20H19NO4. The Hall–Kier alpha value is -2.82. The lowest BCUT2D eigenvalue weighted by atomic mass is 9.83. The summed E-state index contributed by atoms with van der Waals surface area (Å²) in [6, 6.07) is 14.8. The van der Waals surface area contributed by atoms with Gasteiger partial charge in [0, 0.05) is 31.5 Å². The smallest absolute Gasteiger partial charge is 0.339 e. The normalized spacial score (nSPS) is 18.0. The Morgan fingerprint density at radius 3 is 2.52 bits per heavy atom. The first-order valence-electron chi connectivity index (χ1n) is 8.40. The number of likely N-dealkylation sites (tertiary alicyclic amines) is 1. The van der Waals surface area contributed by atoms with E-state index in [2.05, 4.69) is 0 Å². The number of carbonyl (C=O) groups excluding carboxylic acids is 2. The topological polar surface area (TPSA) is 55.8 Å². The Labute approximate surface area is 146 Å². The molecule has 0 N–H and O–H groups in total. The molecule has 0 unspecified atom stereocenters. The van der Waals surface area contributed by atoms with Gasteiger partial charge in [-0.2, -0.15) is 0 Å². The predicted molar refractivity (Wildman–Crippen MR) is 91.7 cm³/mol. The molecule has 25 heavy (non-hydrogen) atoms. The van der Waals surface area contributed by atoms with Crippen molar-refractivity contribution in [2.75, 3.05) is 20.2 Å². The maximum Gasteiger partial charge on any atom is 0.339 e. The monoisotopic (exact) mass is 337 g/mol. The van der Waals surface area contributed by atoms with Gasteiger partial charge < -0.3 is 14.4 Å². The number of amides is 1. The van der Waals surface area contributed by atoms with Crippen LogP contribution in [0.25, 0.3) is 0 Å². The summed E-state index contributed by atoms with van der Waals surface area (Å²) in [7, 11) is 1.56. The van der Waals surface area contributed by atoms with Gasteiger partial charge >= 0.3 is 5.97 Å². The quantitative estimate of drug-likeness (QED) is 0.791. The van der Waals surface area contributed by atoms with Crippen molar-refractivity contribution in [2.24, 2.45) is 0 Å².